The van der Waals surface area contributed by atoms with Crippen LogP contribution >= 0.6 is 9.03 Å². The number of nitrogens with zero attached hydrogens (tertiary/aromatic N) is 1. The first-order valence-electron chi connectivity index (χ1n) is 5.56. The maximum atomic E-state index is 8.94. The van der Waals surface area contributed by atoms with E-state index in [1.165, 1.54) is 0 Å². The normalized spacial score (nSPS) is 26.4. The van der Waals surface area contributed by atoms with E-state index < -0.39 is 0 Å². The third-order valence-corrected chi connectivity index (χ3v) is 3.46. The summed E-state index contributed by atoms with van der Waals surface area (Å²) in [5.41, 5.74) is -0.0194. The van der Waals surface area contributed by atoms with Crippen LogP contribution in [0.3, 0.4) is 0 Å². The molecule has 96 valence electrons. The minimum absolute atomic E-state index is 0.0194. The van der Waals surface area contributed by atoms with Crippen molar-refractivity contribution in [3.05, 3.63) is 0 Å². The Labute approximate surface area is 98.7 Å². The van der Waals surface area contributed by atoms with Crippen molar-refractivity contribution < 1.29 is 19.3 Å². The zero-order valence-corrected chi connectivity index (χ0v) is 11.0. The zero-order valence-electron chi connectivity index (χ0n) is 9.98. The lowest BCUT2D eigenvalue weighted by Crippen LogP contribution is -2.46. The van der Waals surface area contributed by atoms with Crippen LogP contribution in [-0.4, -0.2) is 60.7 Å². The molecule has 0 saturated carbocycles. The Morgan fingerprint density at radius 2 is 1.94 bits per heavy atom. The minimum atomic E-state index is -0.0194. The second-order valence-electron chi connectivity index (χ2n) is 4.71. The summed E-state index contributed by atoms with van der Waals surface area (Å²) in [6.45, 7) is 6.99. The van der Waals surface area contributed by atoms with Gasteiger partial charge in [-0.25, -0.2) is 0 Å². The molecule has 2 N–H and O–H groups in total. The number of aliphatic hydroxyl groups is 2. The van der Waals surface area contributed by atoms with Gasteiger partial charge in [0.05, 0.1) is 25.9 Å². The number of aliphatic hydroxyl groups excluding tert-OH is 2. The minimum Gasteiger partial charge on any atom is -0.395 e. The Morgan fingerprint density at radius 1 is 1.31 bits per heavy atom. The van der Waals surface area contributed by atoms with Crippen LogP contribution in [0.2, 0.25) is 0 Å². The van der Waals surface area contributed by atoms with Crippen LogP contribution < -0.4 is 0 Å². The molecule has 0 radical (unpaired) electrons. The van der Waals surface area contributed by atoms with Gasteiger partial charge in [-0.15, -0.1) is 0 Å². The van der Waals surface area contributed by atoms with E-state index in [0.29, 0.717) is 19.7 Å². The van der Waals surface area contributed by atoms with Gasteiger partial charge in [0.15, 0.2) is 9.03 Å². The molecule has 0 aromatic carbocycles. The number of rotatable bonds is 6. The van der Waals surface area contributed by atoms with Crippen molar-refractivity contribution in [3.8, 4) is 0 Å². The highest BCUT2D eigenvalue weighted by Gasteiger charge is 2.35. The smallest absolute Gasteiger partial charge is 0.155 e. The van der Waals surface area contributed by atoms with Crippen molar-refractivity contribution in [2.75, 3.05) is 39.5 Å². The van der Waals surface area contributed by atoms with Crippen LogP contribution in [-0.2, 0) is 9.05 Å². The topological polar surface area (TPSA) is 62.2 Å². The summed E-state index contributed by atoms with van der Waals surface area (Å²) in [6, 6.07) is 0. The summed E-state index contributed by atoms with van der Waals surface area (Å²) < 4.78 is 10.9. The molecule has 0 bridgehead atoms. The van der Waals surface area contributed by atoms with Gasteiger partial charge >= 0.3 is 0 Å². The molecule has 1 saturated heterocycles. The van der Waals surface area contributed by atoms with E-state index in [0.717, 1.165) is 6.54 Å². The molecule has 0 aromatic rings. The molecule has 0 spiro atoms. The van der Waals surface area contributed by atoms with E-state index in [1.807, 2.05) is 4.90 Å². The third-order valence-electron chi connectivity index (χ3n) is 2.82. The van der Waals surface area contributed by atoms with Crippen LogP contribution in [0.4, 0.5) is 0 Å². The van der Waals surface area contributed by atoms with Crippen molar-refractivity contribution in [1.82, 2.24) is 4.90 Å². The largest absolute Gasteiger partial charge is 0.395 e. The van der Waals surface area contributed by atoms with Crippen molar-refractivity contribution in [3.63, 3.8) is 0 Å². The molecule has 2 atom stereocenters. The first kappa shape index (κ1) is 14.3. The van der Waals surface area contributed by atoms with Gasteiger partial charge in [0.1, 0.15) is 0 Å². The summed E-state index contributed by atoms with van der Waals surface area (Å²) in [6.07, 6.45) is 0.0951. The van der Waals surface area contributed by atoms with Crippen molar-refractivity contribution in [2.24, 2.45) is 5.41 Å². The molecule has 1 rings (SSSR count). The lowest BCUT2D eigenvalue weighted by atomic mass is 9.87. The maximum Gasteiger partial charge on any atom is 0.155 e. The fraction of sp³-hybridized carbons (Fsp3) is 1.00. The average molecular weight is 251 g/mol. The van der Waals surface area contributed by atoms with Crippen LogP contribution in [0.25, 0.3) is 0 Å². The van der Waals surface area contributed by atoms with E-state index in [2.05, 4.69) is 13.8 Å². The van der Waals surface area contributed by atoms with Crippen LogP contribution in [0, 0.1) is 5.41 Å². The predicted octanol–water partition coefficient (Wildman–Crippen LogP) is 0.223. The fourth-order valence-electron chi connectivity index (χ4n) is 1.66. The number of hydrogen-bond donors (Lipinski definition) is 2. The predicted molar refractivity (Wildman–Crippen MR) is 63.5 cm³/mol. The molecule has 16 heavy (non-hydrogen) atoms. The summed E-state index contributed by atoms with van der Waals surface area (Å²) >= 11 is 0. The molecular weight excluding hydrogens is 229 g/mol. The lowest BCUT2D eigenvalue weighted by molar-refractivity contribution is -0.0239. The van der Waals surface area contributed by atoms with Crippen LogP contribution in [0.5, 0.6) is 0 Å². The quantitative estimate of drug-likeness (QED) is 0.661. The molecule has 6 heteroatoms. The Morgan fingerprint density at radius 3 is 2.44 bits per heavy atom. The molecule has 1 heterocycles. The molecular formula is C10H22NO4P. The standard InChI is InChI=1S/C10H22NO4P/c1-10(2)8-14-16-15-9(10)7-11(3-5-12)4-6-13/h9,12-13,16H,3-8H2,1-2H3. The van der Waals surface area contributed by atoms with Crippen LogP contribution in [0.1, 0.15) is 13.8 Å². The first-order valence-corrected chi connectivity index (χ1v) is 6.38. The summed E-state index contributed by atoms with van der Waals surface area (Å²) in [5, 5.41) is 17.9. The summed E-state index contributed by atoms with van der Waals surface area (Å²) in [5.74, 6) is 0. The highest BCUT2D eigenvalue weighted by molar-refractivity contribution is 7.26. The SMILES string of the molecule is CC1(C)COPOC1CN(CCO)CCO. The summed E-state index contributed by atoms with van der Waals surface area (Å²) in [4.78, 5) is 2.02. The van der Waals surface area contributed by atoms with E-state index >= 15 is 0 Å². The van der Waals surface area contributed by atoms with Crippen molar-refractivity contribution in [2.45, 2.75) is 20.0 Å². The van der Waals surface area contributed by atoms with Gasteiger partial charge < -0.3 is 19.3 Å². The highest BCUT2D eigenvalue weighted by atomic mass is 31.1. The lowest BCUT2D eigenvalue weighted by Gasteiger charge is -2.40. The van der Waals surface area contributed by atoms with Gasteiger partial charge in [-0.1, -0.05) is 13.8 Å². The Balaban J connectivity index is 2.47. The fourth-order valence-corrected chi connectivity index (χ4v) is 2.66. The Bertz CT molecular complexity index is 197. The molecule has 0 aromatic heterocycles. The van der Waals surface area contributed by atoms with Gasteiger partial charge in [0.25, 0.3) is 0 Å². The molecule has 5 nitrogen and oxygen atoms in total. The molecule has 1 aliphatic rings. The zero-order chi connectivity index (χ0) is 12.0. The molecule has 1 fully saturated rings. The number of hydrogen-bond acceptors (Lipinski definition) is 5. The van der Waals surface area contributed by atoms with Crippen molar-refractivity contribution in [1.29, 1.82) is 0 Å². The second kappa shape index (κ2) is 6.84. The van der Waals surface area contributed by atoms with E-state index in [-0.39, 0.29) is 33.8 Å². The van der Waals surface area contributed by atoms with E-state index in [9.17, 15) is 0 Å². The third kappa shape index (κ3) is 4.24. The van der Waals surface area contributed by atoms with Gasteiger partial charge in [-0.2, -0.15) is 0 Å². The maximum absolute atomic E-state index is 8.94. The molecule has 2 unspecified atom stereocenters. The van der Waals surface area contributed by atoms with Crippen molar-refractivity contribution >= 4 is 9.03 Å². The van der Waals surface area contributed by atoms with Gasteiger partial charge in [0, 0.05) is 25.0 Å². The Hall–Kier alpha value is 0.230. The van der Waals surface area contributed by atoms with E-state index in [4.69, 9.17) is 19.3 Å². The summed E-state index contributed by atoms with van der Waals surface area (Å²) in [7, 11) is 0.101. The van der Waals surface area contributed by atoms with Gasteiger partial charge in [-0.05, 0) is 0 Å². The average Bonchev–Trinajstić information content (AvgIpc) is 2.22. The molecule has 1 aliphatic heterocycles. The second-order valence-corrected chi connectivity index (χ2v) is 5.41. The molecule has 0 amide bonds. The monoisotopic (exact) mass is 251 g/mol. The first-order chi connectivity index (χ1) is 7.60. The highest BCUT2D eigenvalue weighted by Crippen LogP contribution is 2.37. The Kier molecular flexibility index (Phi) is 6.11. The van der Waals surface area contributed by atoms with Gasteiger partial charge in [-0.3, -0.25) is 4.90 Å². The van der Waals surface area contributed by atoms with E-state index in [1.54, 1.807) is 0 Å². The van der Waals surface area contributed by atoms with Crippen LogP contribution in [0.15, 0.2) is 0 Å². The molecule has 0 aliphatic carbocycles. The van der Waals surface area contributed by atoms with Gasteiger partial charge in [0.2, 0.25) is 0 Å².